The smallest absolute Gasteiger partial charge is 0.232 e. The number of anilines is 1. The largest absolute Gasteiger partial charge is 0.350 e. The number of amides is 1. The van der Waals surface area contributed by atoms with Crippen LogP contribution in [0.3, 0.4) is 0 Å². The van der Waals surface area contributed by atoms with E-state index in [0.29, 0.717) is 22.7 Å². The van der Waals surface area contributed by atoms with Gasteiger partial charge < -0.3 is 5.32 Å². The van der Waals surface area contributed by atoms with E-state index in [1.165, 1.54) is 4.31 Å². The molecule has 2 aromatic rings. The fourth-order valence-corrected chi connectivity index (χ4v) is 4.04. The summed E-state index contributed by atoms with van der Waals surface area (Å²) in [5.41, 5.74) is 2.27. The number of nitrogens with zero attached hydrogens (tertiary/aromatic N) is 1. The number of benzene rings is 2. The number of hydrogen-bond donors (Lipinski definition) is 1. The number of carbonyl (C=O) groups is 1. The van der Waals surface area contributed by atoms with Crippen LogP contribution in [0, 0.1) is 6.92 Å². The second-order valence-electron chi connectivity index (χ2n) is 6.52. The number of sulfonamides is 1. The Hall–Kier alpha value is -2.05. The van der Waals surface area contributed by atoms with E-state index < -0.39 is 10.0 Å². The predicted octanol–water partition coefficient (Wildman–Crippen LogP) is 4.07. The van der Waals surface area contributed by atoms with E-state index in [2.05, 4.69) is 5.32 Å². The van der Waals surface area contributed by atoms with Crippen molar-refractivity contribution >= 4 is 33.2 Å². The monoisotopic (exact) mass is 408 g/mol. The average molecular weight is 409 g/mol. The molecule has 0 saturated heterocycles. The highest BCUT2D eigenvalue weighted by atomic mass is 35.5. The maximum atomic E-state index is 12.2. The molecule has 0 heterocycles. The highest BCUT2D eigenvalue weighted by Gasteiger charge is 2.20. The Balaban J connectivity index is 1.98. The quantitative estimate of drug-likeness (QED) is 0.715. The van der Waals surface area contributed by atoms with Gasteiger partial charge in [-0.3, -0.25) is 9.10 Å². The molecule has 0 fully saturated rings. The molecule has 0 unspecified atom stereocenters. The highest BCUT2D eigenvalue weighted by molar-refractivity contribution is 7.92. The van der Waals surface area contributed by atoms with E-state index in [1.807, 2.05) is 37.3 Å². The van der Waals surface area contributed by atoms with E-state index in [0.717, 1.165) is 11.8 Å². The first kappa shape index (κ1) is 21.3. The first-order valence-corrected chi connectivity index (χ1v) is 11.0. The van der Waals surface area contributed by atoms with E-state index in [9.17, 15) is 13.2 Å². The van der Waals surface area contributed by atoms with Crippen molar-refractivity contribution in [2.75, 3.05) is 17.1 Å². The van der Waals surface area contributed by atoms with Crippen molar-refractivity contribution in [3.63, 3.8) is 0 Å². The lowest BCUT2D eigenvalue weighted by atomic mass is 10.1. The standard InChI is InChI=1S/C20H25ClN2O3S/c1-15-18(21)11-7-12-19(15)23(27(3,25)26)14-8-13-20(24)22-16(2)17-9-5-4-6-10-17/h4-7,9-12,16H,8,13-14H2,1-3H3,(H,22,24)/t16-/m1/s1. The van der Waals surface area contributed by atoms with Crippen LogP contribution in [0.25, 0.3) is 0 Å². The molecule has 0 spiro atoms. The van der Waals surface area contributed by atoms with Crippen LogP contribution in [0.2, 0.25) is 5.02 Å². The summed E-state index contributed by atoms with van der Waals surface area (Å²) in [6.07, 6.45) is 1.81. The Morgan fingerprint density at radius 2 is 1.81 bits per heavy atom. The Bertz CT molecular complexity index is 885. The third kappa shape index (κ3) is 5.97. The molecule has 146 valence electrons. The highest BCUT2D eigenvalue weighted by Crippen LogP contribution is 2.28. The molecule has 5 nitrogen and oxygen atoms in total. The summed E-state index contributed by atoms with van der Waals surface area (Å²) in [4.78, 5) is 12.2. The van der Waals surface area contributed by atoms with E-state index in [-0.39, 0.29) is 24.9 Å². The number of nitrogens with one attached hydrogen (secondary N) is 1. The van der Waals surface area contributed by atoms with Gasteiger partial charge in [-0.15, -0.1) is 0 Å². The Kier molecular flexibility index (Phi) is 7.27. The summed E-state index contributed by atoms with van der Waals surface area (Å²) < 4.78 is 25.7. The van der Waals surface area contributed by atoms with Gasteiger partial charge in [-0.1, -0.05) is 48.0 Å². The molecular formula is C20H25ClN2O3S. The average Bonchev–Trinajstić information content (AvgIpc) is 2.61. The summed E-state index contributed by atoms with van der Waals surface area (Å²) in [7, 11) is -3.48. The van der Waals surface area contributed by atoms with Crippen molar-refractivity contribution in [3.05, 3.63) is 64.7 Å². The lowest BCUT2D eigenvalue weighted by molar-refractivity contribution is -0.121. The Labute approximate surface area is 166 Å². The zero-order valence-electron chi connectivity index (χ0n) is 15.8. The molecule has 7 heteroatoms. The van der Waals surface area contributed by atoms with Gasteiger partial charge in [0, 0.05) is 18.0 Å². The van der Waals surface area contributed by atoms with Crippen molar-refractivity contribution < 1.29 is 13.2 Å². The molecule has 0 aliphatic carbocycles. The van der Waals surface area contributed by atoms with Crippen molar-refractivity contribution in [1.82, 2.24) is 5.32 Å². The van der Waals surface area contributed by atoms with Gasteiger partial charge in [0.05, 0.1) is 18.0 Å². The maximum absolute atomic E-state index is 12.2. The molecule has 0 aromatic heterocycles. The first-order chi connectivity index (χ1) is 12.7. The summed E-state index contributed by atoms with van der Waals surface area (Å²) in [5, 5.41) is 3.45. The zero-order chi connectivity index (χ0) is 20.0. The van der Waals surface area contributed by atoms with Crippen molar-refractivity contribution in [1.29, 1.82) is 0 Å². The van der Waals surface area contributed by atoms with Crippen LogP contribution in [-0.2, 0) is 14.8 Å². The van der Waals surface area contributed by atoms with Crippen LogP contribution in [0.4, 0.5) is 5.69 Å². The fourth-order valence-electron chi connectivity index (χ4n) is 2.85. The molecule has 1 atom stereocenters. The van der Waals surface area contributed by atoms with Crippen LogP contribution >= 0.6 is 11.6 Å². The molecule has 2 rings (SSSR count). The number of carbonyl (C=O) groups excluding carboxylic acids is 1. The summed E-state index contributed by atoms with van der Waals surface area (Å²) >= 11 is 6.12. The molecule has 0 radical (unpaired) electrons. The first-order valence-electron chi connectivity index (χ1n) is 8.77. The van der Waals surface area contributed by atoms with Crippen LogP contribution in [-0.4, -0.2) is 27.1 Å². The molecule has 1 amide bonds. The maximum Gasteiger partial charge on any atom is 0.232 e. The summed E-state index contributed by atoms with van der Waals surface area (Å²) in [5.74, 6) is -0.109. The van der Waals surface area contributed by atoms with Crippen molar-refractivity contribution in [2.24, 2.45) is 0 Å². The zero-order valence-corrected chi connectivity index (χ0v) is 17.3. The van der Waals surface area contributed by atoms with Crippen molar-refractivity contribution in [3.8, 4) is 0 Å². The topological polar surface area (TPSA) is 66.5 Å². The summed E-state index contributed by atoms with van der Waals surface area (Å²) in [6.45, 7) is 3.92. The normalized spacial score (nSPS) is 12.4. The van der Waals surface area contributed by atoms with Gasteiger partial charge in [-0.2, -0.15) is 0 Å². The van der Waals surface area contributed by atoms with Gasteiger partial charge >= 0.3 is 0 Å². The minimum atomic E-state index is -3.48. The van der Waals surface area contributed by atoms with E-state index in [4.69, 9.17) is 11.6 Å². The lowest BCUT2D eigenvalue weighted by Gasteiger charge is -2.24. The molecule has 0 saturated carbocycles. The fraction of sp³-hybridized carbons (Fsp3) is 0.350. The number of halogens is 1. The minimum Gasteiger partial charge on any atom is -0.350 e. The molecule has 1 N–H and O–H groups in total. The van der Waals surface area contributed by atoms with Crippen LogP contribution < -0.4 is 9.62 Å². The third-order valence-corrected chi connectivity index (χ3v) is 5.94. The lowest BCUT2D eigenvalue weighted by Crippen LogP contribution is -2.33. The van der Waals surface area contributed by atoms with Crippen LogP contribution in [0.15, 0.2) is 48.5 Å². The van der Waals surface area contributed by atoms with Gasteiger partial charge in [0.2, 0.25) is 15.9 Å². The molecule has 2 aromatic carbocycles. The minimum absolute atomic E-state index is 0.0973. The van der Waals surface area contributed by atoms with E-state index >= 15 is 0 Å². The SMILES string of the molecule is Cc1c(Cl)cccc1N(CCCC(=O)N[C@H](C)c1ccccc1)S(C)(=O)=O. The Morgan fingerprint density at radius 1 is 1.15 bits per heavy atom. The predicted molar refractivity (Wildman–Crippen MR) is 111 cm³/mol. The van der Waals surface area contributed by atoms with Crippen LogP contribution in [0.5, 0.6) is 0 Å². The van der Waals surface area contributed by atoms with Gasteiger partial charge in [0.25, 0.3) is 0 Å². The second kappa shape index (κ2) is 9.24. The van der Waals surface area contributed by atoms with Crippen LogP contribution in [0.1, 0.15) is 36.9 Å². The third-order valence-electron chi connectivity index (χ3n) is 4.35. The van der Waals surface area contributed by atoms with Gasteiger partial charge in [-0.25, -0.2) is 8.42 Å². The Morgan fingerprint density at radius 3 is 2.44 bits per heavy atom. The van der Waals surface area contributed by atoms with Gasteiger partial charge in [-0.05, 0) is 43.5 Å². The van der Waals surface area contributed by atoms with Gasteiger partial charge in [0.1, 0.15) is 0 Å². The molecule has 27 heavy (non-hydrogen) atoms. The molecular weight excluding hydrogens is 384 g/mol. The van der Waals surface area contributed by atoms with E-state index in [1.54, 1.807) is 25.1 Å². The molecule has 0 aliphatic heterocycles. The summed E-state index contributed by atoms with van der Waals surface area (Å²) in [6, 6.07) is 14.8. The van der Waals surface area contributed by atoms with Gasteiger partial charge in [0.15, 0.2) is 0 Å². The molecule has 0 bridgehead atoms. The number of rotatable bonds is 8. The molecule has 0 aliphatic rings. The number of hydrogen-bond acceptors (Lipinski definition) is 3. The van der Waals surface area contributed by atoms with Crippen molar-refractivity contribution in [2.45, 2.75) is 32.7 Å². The second-order valence-corrected chi connectivity index (χ2v) is 8.84.